The van der Waals surface area contributed by atoms with Crippen LogP contribution in [0.2, 0.25) is 0 Å². The Morgan fingerprint density at radius 3 is 2.32 bits per heavy atom. The summed E-state index contributed by atoms with van der Waals surface area (Å²) in [4.78, 5) is 4.06. The molecule has 1 atom stereocenters. The van der Waals surface area contributed by atoms with E-state index in [0.717, 1.165) is 6.07 Å². The summed E-state index contributed by atoms with van der Waals surface area (Å²) in [6.07, 6.45) is -4.89. The number of piperazine rings is 1. The summed E-state index contributed by atoms with van der Waals surface area (Å²) in [5, 5.41) is 10.1. The van der Waals surface area contributed by atoms with Gasteiger partial charge in [-0.3, -0.25) is 4.90 Å². The Kier molecular flexibility index (Phi) is 6.35. The van der Waals surface area contributed by atoms with Crippen LogP contribution < -0.4 is 4.90 Å². The molecule has 0 spiro atoms. The fourth-order valence-corrected chi connectivity index (χ4v) is 2.76. The van der Waals surface area contributed by atoms with E-state index in [2.05, 4.69) is 4.90 Å². The van der Waals surface area contributed by atoms with Crippen LogP contribution in [0.1, 0.15) is 26.3 Å². The number of hydrogen-bond donors (Lipinski definition) is 1. The van der Waals surface area contributed by atoms with Crippen molar-refractivity contribution in [2.45, 2.75) is 38.7 Å². The number of β-amino-alcohol motifs (C(OH)–C–C–N with tert-alkyl or cyclic N) is 1. The number of ether oxygens (including phenoxy) is 1. The van der Waals surface area contributed by atoms with E-state index in [0.29, 0.717) is 38.4 Å². The van der Waals surface area contributed by atoms with Gasteiger partial charge in [0.05, 0.1) is 23.9 Å². The third-order valence-electron chi connectivity index (χ3n) is 4.09. The van der Waals surface area contributed by atoms with Gasteiger partial charge < -0.3 is 14.7 Å². The van der Waals surface area contributed by atoms with E-state index in [1.807, 2.05) is 25.7 Å². The zero-order valence-electron chi connectivity index (χ0n) is 15.0. The topological polar surface area (TPSA) is 35.9 Å². The number of aliphatic hydroxyl groups is 1. The van der Waals surface area contributed by atoms with Gasteiger partial charge in [0.15, 0.2) is 0 Å². The van der Waals surface area contributed by atoms with Gasteiger partial charge in [-0.15, -0.1) is 0 Å². The molecule has 2 rings (SSSR count). The van der Waals surface area contributed by atoms with Crippen molar-refractivity contribution in [3.8, 4) is 0 Å². The lowest BCUT2D eigenvalue weighted by Gasteiger charge is -2.37. The van der Waals surface area contributed by atoms with Gasteiger partial charge in [-0.05, 0) is 39.0 Å². The molecule has 1 heterocycles. The molecule has 1 unspecified atom stereocenters. The highest BCUT2D eigenvalue weighted by Gasteiger charge is 2.31. The van der Waals surface area contributed by atoms with Crippen LogP contribution in [0.4, 0.5) is 18.9 Å². The lowest BCUT2D eigenvalue weighted by Crippen LogP contribution is -2.49. The van der Waals surface area contributed by atoms with Crippen LogP contribution in [-0.2, 0) is 10.9 Å². The standard InChI is InChI=1S/C18H27F3N2O2/c1-17(2,3)25-13-16(24)12-22-7-9-23(10-8-22)15-6-4-5-14(11-15)18(19,20)21/h4-6,11,16,24H,7-10,12-13H2,1-3H3. The van der Waals surface area contributed by atoms with E-state index in [4.69, 9.17) is 4.74 Å². The molecule has 0 aromatic heterocycles. The molecule has 1 aliphatic heterocycles. The van der Waals surface area contributed by atoms with Crippen LogP contribution in [0.3, 0.4) is 0 Å². The second-order valence-corrected chi connectivity index (χ2v) is 7.41. The molecule has 0 bridgehead atoms. The molecule has 0 saturated carbocycles. The maximum absolute atomic E-state index is 12.8. The van der Waals surface area contributed by atoms with Crippen LogP contribution in [-0.4, -0.2) is 61.0 Å². The van der Waals surface area contributed by atoms with Crippen molar-refractivity contribution < 1.29 is 23.0 Å². The maximum atomic E-state index is 12.8. The predicted octanol–water partition coefficient (Wildman–Crippen LogP) is 3.00. The van der Waals surface area contributed by atoms with Crippen LogP contribution in [0.15, 0.2) is 24.3 Å². The zero-order chi connectivity index (χ0) is 18.7. The first-order chi connectivity index (χ1) is 11.5. The average Bonchev–Trinajstić information content (AvgIpc) is 2.52. The minimum Gasteiger partial charge on any atom is -0.389 e. The maximum Gasteiger partial charge on any atom is 0.416 e. The molecular formula is C18H27F3N2O2. The number of hydrogen-bond acceptors (Lipinski definition) is 4. The van der Waals surface area contributed by atoms with E-state index in [1.165, 1.54) is 12.1 Å². The number of nitrogens with zero attached hydrogens (tertiary/aromatic N) is 2. The third kappa shape index (κ3) is 6.49. The van der Waals surface area contributed by atoms with Crippen LogP contribution in [0.5, 0.6) is 0 Å². The molecule has 1 N–H and O–H groups in total. The van der Waals surface area contributed by atoms with Gasteiger partial charge in [0.25, 0.3) is 0 Å². The van der Waals surface area contributed by atoms with Crippen molar-refractivity contribution in [2.75, 3.05) is 44.2 Å². The summed E-state index contributed by atoms with van der Waals surface area (Å²) in [6.45, 7) is 9.26. The number of aliphatic hydroxyl groups excluding tert-OH is 1. The molecule has 7 heteroatoms. The number of benzene rings is 1. The first kappa shape index (κ1) is 20.0. The molecule has 1 aromatic rings. The van der Waals surface area contributed by atoms with Crippen molar-refractivity contribution in [3.05, 3.63) is 29.8 Å². The zero-order valence-corrected chi connectivity index (χ0v) is 15.0. The molecule has 0 radical (unpaired) electrons. The van der Waals surface area contributed by atoms with Gasteiger partial charge in [-0.2, -0.15) is 13.2 Å². The monoisotopic (exact) mass is 360 g/mol. The van der Waals surface area contributed by atoms with E-state index in [-0.39, 0.29) is 12.2 Å². The Hall–Kier alpha value is -1.31. The molecule has 1 aliphatic rings. The van der Waals surface area contributed by atoms with Gasteiger partial charge in [0, 0.05) is 38.4 Å². The van der Waals surface area contributed by atoms with E-state index in [9.17, 15) is 18.3 Å². The highest BCUT2D eigenvalue weighted by atomic mass is 19.4. The quantitative estimate of drug-likeness (QED) is 0.876. The van der Waals surface area contributed by atoms with Crippen molar-refractivity contribution >= 4 is 5.69 Å². The van der Waals surface area contributed by atoms with E-state index in [1.54, 1.807) is 6.07 Å². The van der Waals surface area contributed by atoms with E-state index >= 15 is 0 Å². The lowest BCUT2D eigenvalue weighted by atomic mass is 10.1. The molecule has 0 aliphatic carbocycles. The largest absolute Gasteiger partial charge is 0.416 e. The van der Waals surface area contributed by atoms with E-state index < -0.39 is 17.8 Å². The highest BCUT2D eigenvalue weighted by molar-refractivity contribution is 5.49. The van der Waals surface area contributed by atoms with Crippen molar-refractivity contribution in [1.29, 1.82) is 0 Å². The van der Waals surface area contributed by atoms with Gasteiger partial charge in [0.1, 0.15) is 0 Å². The van der Waals surface area contributed by atoms with Crippen molar-refractivity contribution in [2.24, 2.45) is 0 Å². The summed E-state index contributed by atoms with van der Waals surface area (Å²) in [6, 6.07) is 5.43. The molecule has 1 fully saturated rings. The molecule has 1 saturated heterocycles. The van der Waals surface area contributed by atoms with Crippen molar-refractivity contribution in [1.82, 2.24) is 4.90 Å². The Bertz CT molecular complexity index is 550. The van der Waals surface area contributed by atoms with Crippen LogP contribution in [0.25, 0.3) is 0 Å². The first-order valence-electron chi connectivity index (χ1n) is 8.51. The Balaban J connectivity index is 1.84. The summed E-state index contributed by atoms with van der Waals surface area (Å²) < 4.78 is 44.1. The summed E-state index contributed by atoms with van der Waals surface area (Å²) in [7, 11) is 0. The SMILES string of the molecule is CC(C)(C)OCC(O)CN1CCN(c2cccc(C(F)(F)F)c2)CC1. The Labute approximate surface area is 147 Å². The third-order valence-corrected chi connectivity index (χ3v) is 4.09. The summed E-state index contributed by atoms with van der Waals surface area (Å²) in [5.41, 5.74) is -0.323. The summed E-state index contributed by atoms with van der Waals surface area (Å²) >= 11 is 0. The number of anilines is 1. The molecule has 4 nitrogen and oxygen atoms in total. The van der Waals surface area contributed by atoms with Gasteiger partial charge in [-0.1, -0.05) is 6.07 Å². The number of rotatable bonds is 5. The minimum atomic E-state index is -4.32. The van der Waals surface area contributed by atoms with Gasteiger partial charge in [0.2, 0.25) is 0 Å². The molecule has 25 heavy (non-hydrogen) atoms. The molecule has 1 aromatic carbocycles. The Morgan fingerprint density at radius 2 is 1.76 bits per heavy atom. The minimum absolute atomic E-state index is 0.275. The molecule has 0 amide bonds. The molecule has 142 valence electrons. The van der Waals surface area contributed by atoms with Gasteiger partial charge >= 0.3 is 6.18 Å². The average molecular weight is 360 g/mol. The highest BCUT2D eigenvalue weighted by Crippen LogP contribution is 2.31. The second-order valence-electron chi connectivity index (χ2n) is 7.41. The normalized spacial score (nSPS) is 18.4. The number of halogens is 3. The summed E-state index contributed by atoms with van der Waals surface area (Å²) in [5.74, 6) is 0. The van der Waals surface area contributed by atoms with Gasteiger partial charge in [-0.25, -0.2) is 0 Å². The van der Waals surface area contributed by atoms with Crippen LogP contribution >= 0.6 is 0 Å². The van der Waals surface area contributed by atoms with Crippen molar-refractivity contribution in [3.63, 3.8) is 0 Å². The van der Waals surface area contributed by atoms with Crippen LogP contribution in [0, 0.1) is 0 Å². The fraction of sp³-hybridized carbons (Fsp3) is 0.667. The smallest absolute Gasteiger partial charge is 0.389 e. The predicted molar refractivity (Wildman–Crippen MR) is 91.8 cm³/mol. The molecular weight excluding hydrogens is 333 g/mol. The number of alkyl halides is 3. The second kappa shape index (κ2) is 7.93. The fourth-order valence-electron chi connectivity index (χ4n) is 2.76. The lowest BCUT2D eigenvalue weighted by molar-refractivity contribution is -0.137. The Morgan fingerprint density at radius 1 is 1.12 bits per heavy atom. The first-order valence-corrected chi connectivity index (χ1v) is 8.51.